The molecule has 2 aromatic carbocycles. The minimum atomic E-state index is -4.48. The first-order valence-electron chi connectivity index (χ1n) is 9.91. The van der Waals surface area contributed by atoms with E-state index >= 15 is 0 Å². The lowest BCUT2D eigenvalue weighted by Crippen LogP contribution is -2.44. The molecule has 174 valence electrons. The van der Waals surface area contributed by atoms with E-state index in [1.165, 1.54) is 37.4 Å². The van der Waals surface area contributed by atoms with E-state index in [0.29, 0.717) is 5.69 Å². The van der Waals surface area contributed by atoms with Gasteiger partial charge in [-0.05, 0) is 62.4 Å². The number of benzene rings is 2. The molecule has 1 fully saturated rings. The molecule has 0 spiro atoms. The van der Waals surface area contributed by atoms with Crippen LogP contribution in [-0.2, 0) is 16.2 Å². The molecule has 1 aliphatic rings. The van der Waals surface area contributed by atoms with E-state index in [9.17, 15) is 31.5 Å². The summed E-state index contributed by atoms with van der Waals surface area (Å²) in [4.78, 5) is 12.8. The van der Waals surface area contributed by atoms with Crippen LogP contribution in [0.5, 0.6) is 0 Å². The van der Waals surface area contributed by atoms with Crippen molar-refractivity contribution in [2.24, 2.45) is 5.41 Å². The lowest BCUT2D eigenvalue weighted by atomic mass is 9.69. The standard InChI is InChI=1S/C21H24F3N3O4S/c1-25-32(30,31)16-7-8-18(27-15-5-3-14(4-6-15)21(22,23)24)17(11-16)19(29)26-12-20(13-28)9-2-10-20/h3-8,11,25,27-28H,2,9-10,12-13H2,1H3,(H,26,29). The fourth-order valence-electron chi connectivity index (χ4n) is 3.43. The van der Waals surface area contributed by atoms with Gasteiger partial charge in [-0.3, -0.25) is 4.79 Å². The molecule has 3 rings (SSSR count). The van der Waals surface area contributed by atoms with Crippen LogP contribution in [0.4, 0.5) is 24.5 Å². The Morgan fingerprint density at radius 2 is 1.78 bits per heavy atom. The molecule has 0 heterocycles. The number of alkyl halides is 3. The van der Waals surface area contributed by atoms with Crippen molar-refractivity contribution in [3.05, 3.63) is 53.6 Å². The largest absolute Gasteiger partial charge is 0.416 e. The van der Waals surface area contributed by atoms with Gasteiger partial charge in [0, 0.05) is 17.6 Å². The third-order valence-corrected chi connectivity index (χ3v) is 7.09. The average Bonchev–Trinajstić information content (AvgIpc) is 2.73. The van der Waals surface area contributed by atoms with Gasteiger partial charge in [0.05, 0.1) is 28.3 Å². The zero-order chi connectivity index (χ0) is 23.6. The van der Waals surface area contributed by atoms with Gasteiger partial charge in [0.25, 0.3) is 5.91 Å². The average molecular weight is 472 g/mol. The predicted molar refractivity (Wildman–Crippen MR) is 113 cm³/mol. The van der Waals surface area contributed by atoms with E-state index in [2.05, 4.69) is 15.4 Å². The van der Waals surface area contributed by atoms with Crippen LogP contribution in [0.25, 0.3) is 0 Å². The maximum atomic E-state index is 12.9. The third kappa shape index (κ3) is 5.22. The number of aliphatic hydroxyl groups is 1. The van der Waals surface area contributed by atoms with Gasteiger partial charge < -0.3 is 15.7 Å². The van der Waals surface area contributed by atoms with E-state index in [-0.39, 0.29) is 34.7 Å². The Labute approximate surface area is 184 Å². The smallest absolute Gasteiger partial charge is 0.396 e. The summed E-state index contributed by atoms with van der Waals surface area (Å²) in [7, 11) is -2.59. The molecule has 0 aromatic heterocycles. The molecule has 0 bridgehead atoms. The number of carbonyl (C=O) groups excluding carboxylic acids is 1. The van der Waals surface area contributed by atoms with Gasteiger partial charge in [0.15, 0.2) is 0 Å². The van der Waals surface area contributed by atoms with Crippen molar-refractivity contribution in [1.82, 2.24) is 10.0 Å². The molecule has 1 aliphatic carbocycles. The van der Waals surface area contributed by atoms with Gasteiger partial charge in [-0.1, -0.05) is 6.42 Å². The Balaban J connectivity index is 1.89. The Morgan fingerprint density at radius 1 is 1.12 bits per heavy atom. The molecule has 0 atom stereocenters. The molecule has 11 heteroatoms. The minimum Gasteiger partial charge on any atom is -0.396 e. The van der Waals surface area contributed by atoms with Gasteiger partial charge in [-0.15, -0.1) is 0 Å². The maximum Gasteiger partial charge on any atom is 0.416 e. The number of sulfonamides is 1. The topological polar surface area (TPSA) is 108 Å². The van der Waals surface area contributed by atoms with Crippen LogP contribution in [0.1, 0.15) is 35.2 Å². The van der Waals surface area contributed by atoms with Crippen LogP contribution in [0.15, 0.2) is 47.4 Å². The second kappa shape index (κ2) is 9.08. The summed E-state index contributed by atoms with van der Waals surface area (Å²) in [5.74, 6) is -0.563. The van der Waals surface area contributed by atoms with Crippen LogP contribution >= 0.6 is 0 Å². The highest BCUT2D eigenvalue weighted by molar-refractivity contribution is 7.89. The summed E-state index contributed by atoms with van der Waals surface area (Å²) in [5.41, 5.74) is -0.670. The molecular weight excluding hydrogens is 447 g/mol. The van der Waals surface area contributed by atoms with Crippen LogP contribution in [0.2, 0.25) is 0 Å². The molecular formula is C21H24F3N3O4S. The number of hydrogen-bond acceptors (Lipinski definition) is 5. The number of anilines is 2. The summed E-state index contributed by atoms with van der Waals surface area (Å²) in [6.45, 7) is 0.156. The molecule has 0 saturated heterocycles. The number of carbonyl (C=O) groups is 1. The highest BCUT2D eigenvalue weighted by atomic mass is 32.2. The normalized spacial score (nSPS) is 15.7. The van der Waals surface area contributed by atoms with E-state index in [4.69, 9.17) is 0 Å². The molecule has 32 heavy (non-hydrogen) atoms. The summed E-state index contributed by atoms with van der Waals surface area (Å²) in [6.07, 6.45) is -1.98. The zero-order valence-corrected chi connectivity index (χ0v) is 18.1. The van der Waals surface area contributed by atoms with E-state index in [1.54, 1.807) is 0 Å². The number of hydrogen-bond donors (Lipinski definition) is 4. The van der Waals surface area contributed by atoms with Crippen molar-refractivity contribution >= 4 is 27.3 Å². The molecule has 2 aromatic rings. The van der Waals surface area contributed by atoms with E-state index in [0.717, 1.165) is 31.4 Å². The monoisotopic (exact) mass is 471 g/mol. The van der Waals surface area contributed by atoms with Crippen LogP contribution in [0.3, 0.4) is 0 Å². The summed E-state index contributed by atoms with van der Waals surface area (Å²) in [6, 6.07) is 8.11. The SMILES string of the molecule is CNS(=O)(=O)c1ccc(Nc2ccc(C(F)(F)F)cc2)c(C(=O)NCC2(CO)CCC2)c1. The second-order valence-corrected chi connectivity index (χ2v) is 9.70. The molecule has 4 N–H and O–H groups in total. The first-order valence-corrected chi connectivity index (χ1v) is 11.4. The number of rotatable bonds is 8. The lowest BCUT2D eigenvalue weighted by molar-refractivity contribution is -0.137. The van der Waals surface area contributed by atoms with E-state index in [1.807, 2.05) is 0 Å². The molecule has 1 saturated carbocycles. The van der Waals surface area contributed by atoms with Gasteiger partial charge >= 0.3 is 6.18 Å². The lowest BCUT2D eigenvalue weighted by Gasteiger charge is -2.40. The van der Waals surface area contributed by atoms with Crippen molar-refractivity contribution in [3.63, 3.8) is 0 Å². The van der Waals surface area contributed by atoms with Crippen molar-refractivity contribution in [1.29, 1.82) is 0 Å². The fraction of sp³-hybridized carbons (Fsp3) is 0.381. The van der Waals surface area contributed by atoms with Crippen LogP contribution < -0.4 is 15.4 Å². The fourth-order valence-corrected chi connectivity index (χ4v) is 4.19. The number of nitrogens with one attached hydrogen (secondary N) is 3. The predicted octanol–water partition coefficient (Wildman–Crippen LogP) is 3.25. The van der Waals surface area contributed by atoms with Gasteiger partial charge in [0.1, 0.15) is 0 Å². The summed E-state index contributed by atoms with van der Waals surface area (Å²) < 4.78 is 65.0. The van der Waals surface area contributed by atoms with Crippen molar-refractivity contribution < 1.29 is 31.5 Å². The Morgan fingerprint density at radius 3 is 2.28 bits per heavy atom. The first kappa shape index (κ1) is 24.0. The quantitative estimate of drug-likeness (QED) is 0.473. The Hall–Kier alpha value is -2.63. The molecule has 0 radical (unpaired) electrons. The highest BCUT2D eigenvalue weighted by Crippen LogP contribution is 2.39. The summed E-state index contributed by atoms with van der Waals surface area (Å²) in [5, 5.41) is 15.2. The Kier molecular flexibility index (Phi) is 6.82. The Bertz CT molecular complexity index is 1080. The molecule has 0 aliphatic heterocycles. The van der Waals surface area contributed by atoms with Gasteiger partial charge in [-0.2, -0.15) is 13.2 Å². The molecule has 0 unspecified atom stereocenters. The number of aliphatic hydroxyl groups excluding tert-OH is 1. The maximum absolute atomic E-state index is 12.9. The number of amides is 1. The second-order valence-electron chi connectivity index (χ2n) is 7.81. The molecule has 7 nitrogen and oxygen atoms in total. The zero-order valence-electron chi connectivity index (χ0n) is 17.3. The number of halogens is 3. The minimum absolute atomic E-state index is 0.00800. The van der Waals surface area contributed by atoms with Crippen molar-refractivity contribution in [2.45, 2.75) is 30.3 Å². The van der Waals surface area contributed by atoms with Crippen molar-refractivity contribution in [3.8, 4) is 0 Å². The third-order valence-electron chi connectivity index (χ3n) is 5.68. The van der Waals surface area contributed by atoms with Gasteiger partial charge in [0.2, 0.25) is 10.0 Å². The molecule has 1 amide bonds. The van der Waals surface area contributed by atoms with Gasteiger partial charge in [-0.25, -0.2) is 13.1 Å². The first-order chi connectivity index (χ1) is 15.0. The van der Waals surface area contributed by atoms with Crippen LogP contribution in [0, 0.1) is 5.41 Å². The van der Waals surface area contributed by atoms with E-state index < -0.39 is 27.7 Å². The highest BCUT2D eigenvalue weighted by Gasteiger charge is 2.36. The van der Waals surface area contributed by atoms with Crippen molar-refractivity contribution in [2.75, 3.05) is 25.5 Å². The summed E-state index contributed by atoms with van der Waals surface area (Å²) >= 11 is 0. The van der Waals surface area contributed by atoms with Crippen LogP contribution in [-0.4, -0.2) is 39.6 Å².